The lowest BCUT2D eigenvalue weighted by atomic mass is 9.94. The predicted octanol–water partition coefficient (Wildman–Crippen LogP) is 2.45. The van der Waals surface area contributed by atoms with Crippen LogP contribution in [0.3, 0.4) is 0 Å². The van der Waals surface area contributed by atoms with E-state index in [1.54, 1.807) is 0 Å². The summed E-state index contributed by atoms with van der Waals surface area (Å²) in [6.07, 6.45) is 0. The van der Waals surface area contributed by atoms with E-state index < -0.39 is 0 Å². The van der Waals surface area contributed by atoms with Crippen LogP contribution in [0.5, 0.6) is 0 Å². The van der Waals surface area contributed by atoms with Gasteiger partial charge < -0.3 is 10.5 Å². The summed E-state index contributed by atoms with van der Waals surface area (Å²) in [5.41, 5.74) is 6.00. The van der Waals surface area contributed by atoms with Crippen LogP contribution < -0.4 is 5.73 Å². The van der Waals surface area contributed by atoms with Gasteiger partial charge in [0, 0.05) is 9.84 Å². The van der Waals surface area contributed by atoms with E-state index in [1.165, 1.54) is 0 Å². The average molecular weight is 299 g/mol. The van der Waals surface area contributed by atoms with Gasteiger partial charge in [-0.25, -0.2) is 0 Å². The zero-order valence-corrected chi connectivity index (χ0v) is 11.3. The van der Waals surface area contributed by atoms with Crippen molar-refractivity contribution in [2.45, 2.75) is 27.7 Å². The number of halogens is 1. The Morgan fingerprint density at radius 2 is 1.54 bits per heavy atom. The van der Waals surface area contributed by atoms with Gasteiger partial charge in [0.25, 0.3) is 0 Å². The highest BCUT2D eigenvalue weighted by Crippen LogP contribution is 2.20. The lowest BCUT2D eigenvalue weighted by Crippen LogP contribution is -2.31. The van der Waals surface area contributed by atoms with Crippen LogP contribution in [0, 0.1) is 10.8 Å². The number of rotatable bonds is 6. The molecule has 0 amide bonds. The zero-order chi connectivity index (χ0) is 10.5. The second kappa shape index (κ2) is 5.51. The Morgan fingerprint density at radius 3 is 1.92 bits per heavy atom. The van der Waals surface area contributed by atoms with Crippen molar-refractivity contribution in [1.29, 1.82) is 0 Å². The largest absolute Gasteiger partial charge is 0.380 e. The van der Waals surface area contributed by atoms with Crippen LogP contribution in [0.2, 0.25) is 0 Å². The molecule has 2 nitrogen and oxygen atoms in total. The summed E-state index contributed by atoms with van der Waals surface area (Å²) in [5, 5.41) is 0. The fourth-order valence-corrected chi connectivity index (χ4v) is 0.921. The molecule has 0 spiro atoms. The Balaban J connectivity index is 3.68. The molecule has 0 aromatic heterocycles. The third kappa shape index (κ3) is 6.69. The quantitative estimate of drug-likeness (QED) is 0.604. The van der Waals surface area contributed by atoms with Gasteiger partial charge in [-0.1, -0.05) is 50.3 Å². The molecule has 2 N–H and O–H groups in total. The van der Waals surface area contributed by atoms with E-state index in [2.05, 4.69) is 50.3 Å². The zero-order valence-electron chi connectivity index (χ0n) is 9.19. The molecule has 0 radical (unpaired) electrons. The van der Waals surface area contributed by atoms with Crippen LogP contribution in [0.1, 0.15) is 27.7 Å². The minimum absolute atomic E-state index is 0.112. The highest BCUT2D eigenvalue weighted by Gasteiger charge is 2.20. The number of ether oxygens (including phenoxy) is 1. The van der Waals surface area contributed by atoms with E-state index in [0.29, 0.717) is 6.54 Å². The first-order chi connectivity index (χ1) is 5.83. The first-order valence-electron chi connectivity index (χ1n) is 4.67. The molecule has 3 heteroatoms. The van der Waals surface area contributed by atoms with Gasteiger partial charge in [0.05, 0.1) is 13.2 Å². The fourth-order valence-electron chi connectivity index (χ4n) is 0.701. The van der Waals surface area contributed by atoms with Crippen molar-refractivity contribution in [2.75, 3.05) is 24.2 Å². The molecule has 0 fully saturated rings. The van der Waals surface area contributed by atoms with Crippen LogP contribution in [-0.4, -0.2) is 24.2 Å². The van der Waals surface area contributed by atoms with Gasteiger partial charge in [-0.05, 0) is 12.0 Å². The summed E-state index contributed by atoms with van der Waals surface area (Å²) in [6, 6.07) is 0. The lowest BCUT2D eigenvalue weighted by Gasteiger charge is -2.26. The smallest absolute Gasteiger partial charge is 0.0529 e. The monoisotopic (exact) mass is 299 g/mol. The number of nitrogens with two attached hydrogens (primary N) is 1. The fraction of sp³-hybridized carbons (Fsp3) is 1.00. The maximum atomic E-state index is 5.66. The van der Waals surface area contributed by atoms with Gasteiger partial charge in [-0.15, -0.1) is 0 Å². The van der Waals surface area contributed by atoms with Crippen LogP contribution >= 0.6 is 22.6 Å². The number of alkyl halides is 1. The van der Waals surface area contributed by atoms with Crippen LogP contribution in [-0.2, 0) is 4.74 Å². The average Bonchev–Trinajstić information content (AvgIpc) is 2.04. The SMILES string of the molecule is CC(C)(CN)COCC(C)(C)CI. The highest BCUT2D eigenvalue weighted by atomic mass is 127. The molecule has 0 heterocycles. The van der Waals surface area contributed by atoms with Crippen LogP contribution in [0.15, 0.2) is 0 Å². The molecule has 0 rings (SSSR count). The summed E-state index contributed by atoms with van der Waals surface area (Å²) in [7, 11) is 0. The molecule has 13 heavy (non-hydrogen) atoms. The van der Waals surface area contributed by atoms with Crippen molar-refractivity contribution in [3.63, 3.8) is 0 Å². The summed E-state index contributed by atoms with van der Waals surface area (Å²) in [5.74, 6) is 0. The molecule has 0 aromatic carbocycles. The Kier molecular flexibility index (Phi) is 5.79. The first-order valence-corrected chi connectivity index (χ1v) is 6.19. The maximum absolute atomic E-state index is 5.66. The van der Waals surface area contributed by atoms with Gasteiger partial charge in [0.1, 0.15) is 0 Å². The molecular formula is C10H22INO. The van der Waals surface area contributed by atoms with Crippen molar-refractivity contribution in [3.05, 3.63) is 0 Å². The third-order valence-corrected chi connectivity index (χ3v) is 3.96. The van der Waals surface area contributed by atoms with E-state index in [9.17, 15) is 0 Å². The summed E-state index contributed by atoms with van der Waals surface area (Å²) < 4.78 is 6.78. The van der Waals surface area contributed by atoms with Crippen LogP contribution in [0.4, 0.5) is 0 Å². The van der Waals surface area contributed by atoms with Gasteiger partial charge in [-0.3, -0.25) is 0 Å². The van der Waals surface area contributed by atoms with Crippen molar-refractivity contribution >= 4 is 22.6 Å². The minimum Gasteiger partial charge on any atom is -0.380 e. The molecular weight excluding hydrogens is 277 g/mol. The topological polar surface area (TPSA) is 35.2 Å². The second-order valence-electron chi connectivity index (χ2n) is 5.16. The van der Waals surface area contributed by atoms with Crippen molar-refractivity contribution in [2.24, 2.45) is 16.6 Å². The van der Waals surface area contributed by atoms with Crippen LogP contribution in [0.25, 0.3) is 0 Å². The summed E-state index contributed by atoms with van der Waals surface area (Å²) in [6.45, 7) is 10.9. The molecule has 0 aliphatic carbocycles. The van der Waals surface area contributed by atoms with Gasteiger partial charge in [0.15, 0.2) is 0 Å². The van der Waals surface area contributed by atoms with Gasteiger partial charge in [0.2, 0.25) is 0 Å². The van der Waals surface area contributed by atoms with E-state index in [4.69, 9.17) is 10.5 Å². The predicted molar refractivity (Wildman–Crippen MR) is 66.3 cm³/mol. The molecule has 80 valence electrons. The first kappa shape index (κ1) is 13.7. The molecule has 0 saturated carbocycles. The molecule has 0 saturated heterocycles. The highest BCUT2D eigenvalue weighted by molar-refractivity contribution is 14.1. The third-order valence-electron chi connectivity index (χ3n) is 1.90. The van der Waals surface area contributed by atoms with E-state index in [1.807, 2.05) is 0 Å². The van der Waals surface area contributed by atoms with E-state index in [0.717, 1.165) is 17.6 Å². The van der Waals surface area contributed by atoms with Gasteiger partial charge in [-0.2, -0.15) is 0 Å². The Hall–Kier alpha value is 0.650. The number of hydrogen-bond donors (Lipinski definition) is 1. The summed E-state index contributed by atoms with van der Waals surface area (Å²) >= 11 is 2.40. The maximum Gasteiger partial charge on any atom is 0.0529 e. The van der Waals surface area contributed by atoms with E-state index >= 15 is 0 Å². The normalized spacial score (nSPS) is 13.4. The Bertz CT molecular complexity index is 130. The summed E-state index contributed by atoms with van der Waals surface area (Å²) in [4.78, 5) is 0. The molecule has 0 aliphatic heterocycles. The lowest BCUT2D eigenvalue weighted by molar-refractivity contribution is 0.0265. The molecule has 0 bridgehead atoms. The van der Waals surface area contributed by atoms with Gasteiger partial charge >= 0.3 is 0 Å². The Labute approximate surface area is 95.7 Å². The molecule has 0 aromatic rings. The second-order valence-corrected chi connectivity index (χ2v) is 5.92. The van der Waals surface area contributed by atoms with Crippen molar-refractivity contribution < 1.29 is 4.74 Å². The Morgan fingerprint density at radius 1 is 1.08 bits per heavy atom. The van der Waals surface area contributed by atoms with Crippen molar-refractivity contribution in [3.8, 4) is 0 Å². The molecule has 0 unspecified atom stereocenters. The molecule has 0 aliphatic rings. The van der Waals surface area contributed by atoms with E-state index in [-0.39, 0.29) is 10.8 Å². The minimum atomic E-state index is 0.112. The van der Waals surface area contributed by atoms with Crippen molar-refractivity contribution in [1.82, 2.24) is 0 Å². The number of hydrogen-bond acceptors (Lipinski definition) is 2. The molecule has 0 atom stereocenters. The standard InChI is InChI=1S/C10H22INO/c1-9(2,5-11)7-13-8-10(3,4)6-12/h5-8,12H2,1-4H3.